The average Bonchev–Trinajstić information content (AvgIpc) is 2.80. The van der Waals surface area contributed by atoms with Gasteiger partial charge in [-0.2, -0.15) is 4.31 Å². The lowest BCUT2D eigenvalue weighted by Crippen LogP contribution is -2.63. The van der Waals surface area contributed by atoms with Gasteiger partial charge < -0.3 is 4.74 Å². The second kappa shape index (κ2) is 8.15. The molecule has 0 spiro atoms. The number of hydrogen-bond acceptors (Lipinski definition) is 5. The second-order valence-electron chi connectivity index (χ2n) is 9.08. The van der Waals surface area contributed by atoms with Crippen molar-refractivity contribution in [3.05, 3.63) is 58.6 Å². The molecule has 0 radical (unpaired) electrons. The first kappa shape index (κ1) is 24.0. The molecule has 0 unspecified atom stereocenters. The Labute approximate surface area is 202 Å². The number of fused-ring (bicyclic) bond motifs is 5. The molecule has 2 aliphatic heterocycles. The van der Waals surface area contributed by atoms with E-state index in [0.29, 0.717) is 5.02 Å². The van der Waals surface area contributed by atoms with E-state index in [0.717, 1.165) is 12.1 Å². The summed E-state index contributed by atoms with van der Waals surface area (Å²) in [5, 5.41) is 0.345. The van der Waals surface area contributed by atoms with Crippen LogP contribution in [0, 0.1) is 23.5 Å². The first-order chi connectivity index (χ1) is 16.0. The number of halogens is 3. The van der Waals surface area contributed by atoms with Crippen LogP contribution < -0.4 is 4.74 Å². The van der Waals surface area contributed by atoms with E-state index in [-0.39, 0.29) is 54.4 Å². The number of sulfone groups is 1. The lowest BCUT2D eigenvalue weighted by atomic mass is 9.64. The molecule has 11 heteroatoms. The number of nitrogens with zero attached hydrogens (tertiary/aromatic N) is 1. The van der Waals surface area contributed by atoms with Gasteiger partial charge in [0.1, 0.15) is 10.6 Å². The van der Waals surface area contributed by atoms with Gasteiger partial charge in [-0.1, -0.05) is 18.5 Å². The molecule has 184 valence electrons. The van der Waals surface area contributed by atoms with Crippen molar-refractivity contribution < 1.29 is 30.4 Å². The monoisotopic (exact) mass is 531 g/mol. The molecule has 0 bridgehead atoms. The Hall–Kier alpha value is -1.75. The summed E-state index contributed by atoms with van der Waals surface area (Å²) in [7, 11) is -7.75. The van der Waals surface area contributed by atoms with Gasteiger partial charge in [-0.05, 0) is 61.6 Å². The summed E-state index contributed by atoms with van der Waals surface area (Å²) in [6.07, 6.45) is 0.366. The summed E-state index contributed by atoms with van der Waals surface area (Å²) < 4.78 is 89.6. The molecule has 2 aromatic carbocycles. The number of hydrogen-bond donors (Lipinski definition) is 0. The fourth-order valence-corrected chi connectivity index (χ4v) is 10.7. The molecule has 4 atom stereocenters. The van der Waals surface area contributed by atoms with Gasteiger partial charge in [0, 0.05) is 23.5 Å². The summed E-state index contributed by atoms with van der Waals surface area (Å²) in [6, 6.07) is 7.05. The average molecular weight is 532 g/mol. The quantitative estimate of drug-likeness (QED) is 0.595. The minimum absolute atomic E-state index is 0.0485. The van der Waals surface area contributed by atoms with Gasteiger partial charge in [-0.3, -0.25) is 0 Å². The van der Waals surface area contributed by atoms with E-state index in [4.69, 9.17) is 16.3 Å². The zero-order valence-electron chi connectivity index (χ0n) is 18.4. The summed E-state index contributed by atoms with van der Waals surface area (Å²) in [5.74, 6) is -3.36. The molecule has 5 rings (SSSR count). The summed E-state index contributed by atoms with van der Waals surface area (Å²) >= 11 is 5.97. The molecule has 0 N–H and O–H groups in total. The fraction of sp³-hybridized carbons (Fsp3) is 0.478. The molecule has 1 aliphatic carbocycles. The van der Waals surface area contributed by atoms with Gasteiger partial charge in [0.05, 0.1) is 22.8 Å². The normalized spacial score (nSPS) is 30.5. The van der Waals surface area contributed by atoms with Gasteiger partial charge in [-0.25, -0.2) is 25.6 Å². The third-order valence-corrected chi connectivity index (χ3v) is 12.5. The lowest BCUT2D eigenvalue weighted by Gasteiger charge is -2.56. The predicted octanol–water partition coefficient (Wildman–Crippen LogP) is 4.13. The molecule has 2 fully saturated rings. The highest BCUT2D eigenvalue weighted by atomic mass is 35.5. The minimum Gasteiger partial charge on any atom is -0.490 e. The van der Waals surface area contributed by atoms with Crippen molar-refractivity contribution in [1.29, 1.82) is 0 Å². The maximum atomic E-state index is 15.4. The molecule has 34 heavy (non-hydrogen) atoms. The van der Waals surface area contributed by atoms with E-state index in [1.54, 1.807) is 6.92 Å². The van der Waals surface area contributed by atoms with Gasteiger partial charge in [-0.15, -0.1) is 0 Å². The lowest BCUT2D eigenvalue weighted by molar-refractivity contribution is 0.0231. The molecule has 0 aromatic heterocycles. The van der Waals surface area contributed by atoms with Crippen molar-refractivity contribution in [2.45, 2.75) is 41.9 Å². The van der Waals surface area contributed by atoms with Crippen LogP contribution in [0.2, 0.25) is 5.02 Å². The van der Waals surface area contributed by atoms with E-state index in [2.05, 4.69) is 0 Å². The Morgan fingerprint density at radius 2 is 1.79 bits per heavy atom. The maximum absolute atomic E-state index is 15.4. The standard InChI is InChI=1S/C23H24ClF2NO5S2/c1-2-27-20-9-11-23(34(30,31)15-5-3-14(24)4-6-15)17(16(20)10-12-33(27,28)29)13-32-22-19(26)8-7-18(25)21(22)23/h3-8,16-17,20H,2,9-13H2,1H3/t16-,17-,20+,23-/m0/s1. The third-order valence-electron chi connectivity index (χ3n) is 7.66. The van der Waals surface area contributed by atoms with Crippen LogP contribution in [0.5, 0.6) is 5.75 Å². The fourth-order valence-electron chi connectivity index (χ4n) is 6.27. The van der Waals surface area contributed by atoms with Gasteiger partial charge in [0.2, 0.25) is 10.0 Å². The van der Waals surface area contributed by atoms with Gasteiger partial charge in [0.15, 0.2) is 21.4 Å². The van der Waals surface area contributed by atoms with Gasteiger partial charge >= 0.3 is 0 Å². The van der Waals surface area contributed by atoms with E-state index >= 15 is 4.39 Å². The van der Waals surface area contributed by atoms with Crippen molar-refractivity contribution in [2.24, 2.45) is 11.8 Å². The molecule has 2 aromatic rings. The predicted molar refractivity (Wildman–Crippen MR) is 123 cm³/mol. The van der Waals surface area contributed by atoms with Crippen LogP contribution in [0.3, 0.4) is 0 Å². The second-order valence-corrected chi connectivity index (χ2v) is 13.8. The molecule has 0 amide bonds. The smallest absolute Gasteiger partial charge is 0.214 e. The molecule has 2 heterocycles. The van der Waals surface area contributed by atoms with Crippen LogP contribution in [0.15, 0.2) is 41.3 Å². The molecule has 3 aliphatic rings. The number of ether oxygens (including phenoxy) is 1. The van der Waals surface area contributed by atoms with E-state index in [1.807, 2.05) is 0 Å². The number of benzene rings is 2. The van der Waals surface area contributed by atoms with E-state index < -0.39 is 54.1 Å². The van der Waals surface area contributed by atoms with Crippen molar-refractivity contribution >= 4 is 31.5 Å². The molecular formula is C23H24ClF2NO5S2. The van der Waals surface area contributed by atoms with Crippen LogP contribution in [-0.2, 0) is 24.6 Å². The van der Waals surface area contributed by atoms with Crippen LogP contribution in [0.4, 0.5) is 8.78 Å². The number of sulfonamides is 1. The van der Waals surface area contributed by atoms with Crippen molar-refractivity contribution in [3.8, 4) is 5.75 Å². The number of rotatable bonds is 3. The highest BCUT2D eigenvalue weighted by Gasteiger charge is 2.64. The van der Waals surface area contributed by atoms with Crippen molar-refractivity contribution in [1.82, 2.24) is 4.31 Å². The third kappa shape index (κ3) is 3.25. The molecule has 1 saturated heterocycles. The van der Waals surface area contributed by atoms with Gasteiger partial charge in [0.25, 0.3) is 0 Å². The van der Waals surface area contributed by atoms with Crippen LogP contribution in [0.25, 0.3) is 0 Å². The Bertz CT molecular complexity index is 1350. The largest absolute Gasteiger partial charge is 0.490 e. The summed E-state index contributed by atoms with van der Waals surface area (Å²) in [4.78, 5) is -0.0485. The maximum Gasteiger partial charge on any atom is 0.214 e. The van der Waals surface area contributed by atoms with Crippen LogP contribution in [0.1, 0.15) is 31.7 Å². The first-order valence-electron chi connectivity index (χ1n) is 11.2. The SMILES string of the molecule is CCN1[C@@H]2CC[C@@]3(S(=O)(=O)c4ccc(Cl)cc4)c4c(F)ccc(F)c4OC[C@H]3[C@@H]2CCS1(=O)=O. The Kier molecular flexibility index (Phi) is 5.74. The Balaban J connectivity index is 1.76. The molecule has 1 saturated carbocycles. The van der Waals surface area contributed by atoms with E-state index in [1.165, 1.54) is 28.6 Å². The molecular weight excluding hydrogens is 508 g/mol. The first-order valence-corrected chi connectivity index (χ1v) is 14.6. The van der Waals surface area contributed by atoms with Crippen molar-refractivity contribution in [3.63, 3.8) is 0 Å². The summed E-state index contributed by atoms with van der Waals surface area (Å²) in [5.41, 5.74) is -0.298. The van der Waals surface area contributed by atoms with Crippen molar-refractivity contribution in [2.75, 3.05) is 18.9 Å². The zero-order chi connectivity index (χ0) is 24.5. The summed E-state index contributed by atoms with van der Waals surface area (Å²) in [6.45, 7) is 1.85. The van der Waals surface area contributed by atoms with E-state index in [9.17, 15) is 21.2 Å². The highest BCUT2D eigenvalue weighted by Crippen LogP contribution is 2.60. The Morgan fingerprint density at radius 1 is 1.12 bits per heavy atom. The molecule has 6 nitrogen and oxygen atoms in total. The highest BCUT2D eigenvalue weighted by molar-refractivity contribution is 7.92. The Morgan fingerprint density at radius 3 is 2.47 bits per heavy atom. The minimum atomic E-state index is -4.27. The van der Waals surface area contributed by atoms with Crippen LogP contribution in [-0.4, -0.2) is 46.1 Å². The zero-order valence-corrected chi connectivity index (χ0v) is 20.8. The van der Waals surface area contributed by atoms with Crippen LogP contribution >= 0.6 is 11.6 Å². The topological polar surface area (TPSA) is 80.8 Å².